The number of hydrogen-bond acceptors (Lipinski definition) is 2. The van der Waals surface area contributed by atoms with E-state index in [-0.39, 0.29) is 0 Å². The number of nitrogens with one attached hydrogen (secondary N) is 1. The summed E-state index contributed by atoms with van der Waals surface area (Å²) in [6.07, 6.45) is 2.49. The Morgan fingerprint density at radius 3 is 2.82 bits per heavy atom. The van der Waals surface area contributed by atoms with Gasteiger partial charge in [0, 0.05) is 25.3 Å². The molecule has 1 atom stereocenters. The molecule has 1 N–H and O–H groups in total. The summed E-state index contributed by atoms with van der Waals surface area (Å²) in [6.45, 7) is 9.47. The Balaban J connectivity index is 2.00. The first-order chi connectivity index (χ1) is 8.31. The van der Waals surface area contributed by atoms with Gasteiger partial charge in [0.2, 0.25) is 0 Å². The molecule has 0 aliphatic carbocycles. The molecule has 17 heavy (non-hydrogen) atoms. The second-order valence-corrected chi connectivity index (χ2v) is 4.71. The van der Waals surface area contributed by atoms with Gasteiger partial charge >= 0.3 is 0 Å². The zero-order valence-corrected chi connectivity index (χ0v) is 10.7. The van der Waals surface area contributed by atoms with E-state index in [9.17, 15) is 0 Å². The molecular formula is C15H22N2. The number of nitrogens with zero attached hydrogens (tertiary/aromatic N) is 1. The van der Waals surface area contributed by atoms with Gasteiger partial charge in [-0.1, -0.05) is 50.3 Å². The van der Waals surface area contributed by atoms with E-state index >= 15 is 0 Å². The van der Waals surface area contributed by atoms with Gasteiger partial charge in [-0.05, 0) is 12.0 Å². The van der Waals surface area contributed by atoms with Crippen molar-refractivity contribution in [3.63, 3.8) is 0 Å². The molecule has 1 unspecified atom stereocenters. The molecule has 0 bridgehead atoms. The number of unbranched alkanes of at least 4 members (excludes halogenated alkanes) is 1. The molecule has 0 saturated carbocycles. The van der Waals surface area contributed by atoms with Gasteiger partial charge in [0.15, 0.2) is 0 Å². The minimum Gasteiger partial charge on any atom is -0.372 e. The molecule has 2 rings (SSSR count). The average Bonchev–Trinajstić information content (AvgIpc) is 2.39. The van der Waals surface area contributed by atoms with Crippen molar-refractivity contribution in [3.05, 3.63) is 48.2 Å². The highest BCUT2D eigenvalue weighted by Gasteiger charge is 2.21. The molecule has 1 aromatic rings. The minimum absolute atomic E-state index is 0.443. The van der Waals surface area contributed by atoms with E-state index < -0.39 is 0 Å². The summed E-state index contributed by atoms with van der Waals surface area (Å²) >= 11 is 0. The third kappa shape index (κ3) is 3.10. The number of benzene rings is 1. The molecule has 1 aliphatic heterocycles. The summed E-state index contributed by atoms with van der Waals surface area (Å²) in [5, 5.41) is 3.55. The molecule has 92 valence electrons. The largest absolute Gasteiger partial charge is 0.372 e. The first kappa shape index (κ1) is 12.2. The van der Waals surface area contributed by atoms with Crippen molar-refractivity contribution in [3.8, 4) is 0 Å². The topological polar surface area (TPSA) is 15.3 Å². The highest BCUT2D eigenvalue weighted by Crippen LogP contribution is 2.20. The van der Waals surface area contributed by atoms with Gasteiger partial charge in [0.05, 0.1) is 6.04 Å². The Bertz CT molecular complexity index is 358. The van der Waals surface area contributed by atoms with Gasteiger partial charge in [-0.25, -0.2) is 0 Å². The van der Waals surface area contributed by atoms with Gasteiger partial charge in [0.25, 0.3) is 0 Å². The van der Waals surface area contributed by atoms with Crippen LogP contribution in [0, 0.1) is 0 Å². The monoisotopic (exact) mass is 230 g/mol. The summed E-state index contributed by atoms with van der Waals surface area (Å²) in [6, 6.07) is 11.1. The summed E-state index contributed by atoms with van der Waals surface area (Å²) in [5.41, 5.74) is 2.60. The van der Waals surface area contributed by atoms with Crippen LogP contribution in [-0.4, -0.2) is 24.5 Å². The Kier molecular flexibility index (Phi) is 4.21. The molecule has 1 saturated heterocycles. The number of rotatable bonds is 4. The molecule has 0 spiro atoms. The number of hydrogen-bond donors (Lipinski definition) is 1. The fourth-order valence-corrected chi connectivity index (χ4v) is 2.27. The Morgan fingerprint density at radius 1 is 1.35 bits per heavy atom. The van der Waals surface area contributed by atoms with E-state index in [4.69, 9.17) is 0 Å². The van der Waals surface area contributed by atoms with Gasteiger partial charge in [-0.15, -0.1) is 0 Å². The van der Waals surface area contributed by atoms with Crippen molar-refractivity contribution in [1.29, 1.82) is 0 Å². The van der Waals surface area contributed by atoms with E-state index in [1.807, 2.05) is 0 Å². The van der Waals surface area contributed by atoms with Crippen molar-refractivity contribution in [2.45, 2.75) is 25.8 Å². The summed E-state index contributed by atoms with van der Waals surface area (Å²) in [4.78, 5) is 2.43. The second-order valence-electron chi connectivity index (χ2n) is 4.71. The minimum atomic E-state index is 0.443. The van der Waals surface area contributed by atoms with E-state index in [1.165, 1.54) is 24.1 Å². The SMILES string of the molecule is C=C1CNC(c2ccccc2)CN1CCCC. The quantitative estimate of drug-likeness (QED) is 0.855. The van der Waals surface area contributed by atoms with Crippen LogP contribution in [0.15, 0.2) is 42.6 Å². The van der Waals surface area contributed by atoms with Crippen molar-refractivity contribution in [1.82, 2.24) is 10.2 Å². The van der Waals surface area contributed by atoms with Crippen molar-refractivity contribution in [2.75, 3.05) is 19.6 Å². The highest BCUT2D eigenvalue weighted by atomic mass is 15.2. The fourth-order valence-electron chi connectivity index (χ4n) is 2.27. The van der Waals surface area contributed by atoms with Crippen LogP contribution in [0.3, 0.4) is 0 Å². The molecule has 1 fully saturated rings. The van der Waals surface area contributed by atoms with E-state index in [1.54, 1.807) is 0 Å². The molecule has 2 heteroatoms. The third-order valence-corrected chi connectivity index (χ3v) is 3.39. The van der Waals surface area contributed by atoms with Crippen LogP contribution in [0.2, 0.25) is 0 Å². The lowest BCUT2D eigenvalue weighted by Crippen LogP contribution is -2.44. The van der Waals surface area contributed by atoms with Crippen LogP contribution >= 0.6 is 0 Å². The Labute approximate surface area is 104 Å². The molecule has 0 radical (unpaired) electrons. The lowest BCUT2D eigenvalue weighted by Gasteiger charge is -2.37. The fraction of sp³-hybridized carbons (Fsp3) is 0.467. The maximum absolute atomic E-state index is 4.14. The molecule has 1 heterocycles. The molecule has 0 aromatic heterocycles. The smallest absolute Gasteiger partial charge is 0.0501 e. The normalized spacial score (nSPS) is 20.6. The van der Waals surface area contributed by atoms with Gasteiger partial charge in [-0.2, -0.15) is 0 Å². The predicted molar refractivity (Wildman–Crippen MR) is 72.8 cm³/mol. The maximum atomic E-state index is 4.14. The Hall–Kier alpha value is -1.28. The molecule has 1 aliphatic rings. The van der Waals surface area contributed by atoms with E-state index in [0.29, 0.717) is 6.04 Å². The lowest BCUT2D eigenvalue weighted by atomic mass is 10.0. The van der Waals surface area contributed by atoms with Crippen LogP contribution < -0.4 is 5.32 Å². The van der Waals surface area contributed by atoms with E-state index in [2.05, 4.69) is 54.1 Å². The van der Waals surface area contributed by atoms with Crippen molar-refractivity contribution in [2.24, 2.45) is 0 Å². The third-order valence-electron chi connectivity index (χ3n) is 3.39. The molecular weight excluding hydrogens is 208 g/mol. The second kappa shape index (κ2) is 5.87. The predicted octanol–water partition coefficient (Wildman–Crippen LogP) is 2.95. The molecule has 2 nitrogen and oxygen atoms in total. The first-order valence-corrected chi connectivity index (χ1v) is 6.52. The maximum Gasteiger partial charge on any atom is 0.0501 e. The van der Waals surface area contributed by atoms with Crippen LogP contribution in [0.5, 0.6) is 0 Å². The van der Waals surface area contributed by atoms with Crippen LogP contribution in [0.4, 0.5) is 0 Å². The summed E-state index contributed by atoms with van der Waals surface area (Å²) in [5.74, 6) is 0. The van der Waals surface area contributed by atoms with Crippen LogP contribution in [0.1, 0.15) is 31.4 Å². The van der Waals surface area contributed by atoms with Gasteiger partial charge < -0.3 is 10.2 Å². The van der Waals surface area contributed by atoms with Crippen molar-refractivity contribution < 1.29 is 0 Å². The standard InChI is InChI=1S/C15H22N2/c1-3-4-10-17-12-15(16-11-13(17)2)14-8-6-5-7-9-14/h5-9,15-16H,2-4,10-12H2,1H3. The van der Waals surface area contributed by atoms with Crippen LogP contribution in [0.25, 0.3) is 0 Å². The van der Waals surface area contributed by atoms with Gasteiger partial charge in [0.1, 0.15) is 0 Å². The van der Waals surface area contributed by atoms with Crippen molar-refractivity contribution >= 4 is 0 Å². The molecule has 1 aromatic carbocycles. The average molecular weight is 230 g/mol. The van der Waals surface area contributed by atoms with E-state index in [0.717, 1.165) is 19.6 Å². The zero-order valence-electron chi connectivity index (χ0n) is 10.7. The highest BCUT2D eigenvalue weighted by molar-refractivity contribution is 5.21. The lowest BCUT2D eigenvalue weighted by molar-refractivity contribution is 0.252. The van der Waals surface area contributed by atoms with Gasteiger partial charge in [-0.3, -0.25) is 0 Å². The first-order valence-electron chi connectivity index (χ1n) is 6.52. The zero-order chi connectivity index (χ0) is 12.1. The van der Waals surface area contributed by atoms with Crippen LogP contribution in [-0.2, 0) is 0 Å². The Morgan fingerprint density at radius 2 is 2.12 bits per heavy atom. The molecule has 0 amide bonds. The summed E-state index contributed by atoms with van der Waals surface area (Å²) < 4.78 is 0. The summed E-state index contributed by atoms with van der Waals surface area (Å²) in [7, 11) is 0. The number of piperazine rings is 1.